The number of nitrogens with one attached hydrogen (secondary N) is 1. The molecule has 2 atom stereocenters. The van der Waals surface area contributed by atoms with Gasteiger partial charge in [0.2, 0.25) is 0 Å². The number of hydrogen-bond donors (Lipinski definition) is 1. The average molecular weight is 219 g/mol. The van der Waals surface area contributed by atoms with E-state index in [-0.39, 0.29) is 0 Å². The first-order chi connectivity index (χ1) is 6.70. The Hall–Kier alpha value is 0.110. The van der Waals surface area contributed by atoms with E-state index in [4.69, 9.17) is 0 Å². The van der Waals surface area contributed by atoms with Gasteiger partial charge >= 0.3 is 0 Å². The largest absolute Gasteiger partial charge is 0.314 e. The van der Waals surface area contributed by atoms with E-state index in [0.717, 1.165) is 37.3 Å². The van der Waals surface area contributed by atoms with Crippen LogP contribution in [0.3, 0.4) is 0 Å². The summed E-state index contributed by atoms with van der Waals surface area (Å²) in [5.41, 5.74) is 0. The molecule has 0 heterocycles. The minimum absolute atomic E-state index is 0.570. The van der Waals surface area contributed by atoms with E-state index in [9.17, 15) is 4.21 Å². The van der Waals surface area contributed by atoms with Crippen LogP contribution in [0.25, 0.3) is 0 Å². The normalized spacial score (nSPS) is 15.4. The molecule has 0 fully saturated rings. The van der Waals surface area contributed by atoms with Crippen molar-refractivity contribution in [1.82, 2.24) is 5.32 Å². The van der Waals surface area contributed by atoms with Gasteiger partial charge in [0.15, 0.2) is 0 Å². The first kappa shape index (κ1) is 14.1. The van der Waals surface area contributed by atoms with Crippen molar-refractivity contribution in [2.24, 2.45) is 0 Å². The molecule has 0 bridgehead atoms. The van der Waals surface area contributed by atoms with Gasteiger partial charge in [-0.2, -0.15) is 0 Å². The van der Waals surface area contributed by atoms with E-state index in [1.54, 1.807) is 0 Å². The fraction of sp³-hybridized carbons (Fsp3) is 1.00. The van der Waals surface area contributed by atoms with Gasteiger partial charge in [0.25, 0.3) is 0 Å². The Morgan fingerprint density at radius 1 is 1.21 bits per heavy atom. The fourth-order valence-electron chi connectivity index (χ4n) is 1.37. The third-order valence-corrected chi connectivity index (χ3v) is 3.79. The molecule has 0 radical (unpaired) electrons. The van der Waals surface area contributed by atoms with Gasteiger partial charge in [-0.25, -0.2) is 0 Å². The van der Waals surface area contributed by atoms with Gasteiger partial charge in [0.1, 0.15) is 0 Å². The Labute approximate surface area is 91.3 Å². The van der Waals surface area contributed by atoms with Crippen LogP contribution >= 0.6 is 0 Å². The quantitative estimate of drug-likeness (QED) is 0.645. The SMILES string of the molecule is CCCNC(C)CCCS(=O)CCC. The third-order valence-electron chi connectivity index (χ3n) is 2.18. The summed E-state index contributed by atoms with van der Waals surface area (Å²) < 4.78 is 11.3. The molecule has 0 aromatic heterocycles. The summed E-state index contributed by atoms with van der Waals surface area (Å²) >= 11 is 0. The highest BCUT2D eigenvalue weighted by molar-refractivity contribution is 7.84. The minimum Gasteiger partial charge on any atom is -0.314 e. The number of hydrogen-bond acceptors (Lipinski definition) is 2. The standard InChI is InChI=1S/C11H25NOS/c1-4-8-12-11(3)7-6-10-14(13)9-5-2/h11-12H,4-10H2,1-3H3. The molecule has 0 rings (SSSR count). The molecule has 86 valence electrons. The number of rotatable bonds is 9. The molecule has 0 aliphatic carbocycles. The Morgan fingerprint density at radius 2 is 1.93 bits per heavy atom. The average Bonchev–Trinajstić information content (AvgIpc) is 2.15. The Balaban J connectivity index is 3.29. The molecule has 2 nitrogen and oxygen atoms in total. The lowest BCUT2D eigenvalue weighted by Gasteiger charge is -2.12. The third kappa shape index (κ3) is 8.70. The van der Waals surface area contributed by atoms with Crippen LogP contribution < -0.4 is 5.32 Å². The van der Waals surface area contributed by atoms with Crippen LogP contribution in [0.15, 0.2) is 0 Å². The molecular formula is C11H25NOS. The van der Waals surface area contributed by atoms with Crippen LogP contribution in [0.2, 0.25) is 0 Å². The second-order valence-corrected chi connectivity index (χ2v) is 5.54. The molecule has 1 N–H and O–H groups in total. The molecule has 14 heavy (non-hydrogen) atoms. The lowest BCUT2D eigenvalue weighted by atomic mass is 10.2. The zero-order valence-corrected chi connectivity index (χ0v) is 10.7. The second-order valence-electron chi connectivity index (χ2n) is 3.85. The van der Waals surface area contributed by atoms with Gasteiger partial charge in [-0.3, -0.25) is 4.21 Å². The fourth-order valence-corrected chi connectivity index (χ4v) is 2.52. The van der Waals surface area contributed by atoms with Crippen molar-refractivity contribution in [3.63, 3.8) is 0 Å². The monoisotopic (exact) mass is 219 g/mol. The van der Waals surface area contributed by atoms with Crippen molar-refractivity contribution >= 4 is 10.8 Å². The molecule has 0 aliphatic heterocycles. The van der Waals surface area contributed by atoms with Gasteiger partial charge < -0.3 is 5.32 Å². The smallest absolute Gasteiger partial charge is 0.0235 e. The summed E-state index contributed by atoms with van der Waals surface area (Å²) in [4.78, 5) is 0. The second kappa shape index (κ2) is 9.66. The summed E-state index contributed by atoms with van der Waals surface area (Å²) in [6.07, 6.45) is 4.46. The predicted octanol–water partition coefficient (Wildman–Crippen LogP) is 2.31. The zero-order valence-electron chi connectivity index (χ0n) is 9.84. The highest BCUT2D eigenvalue weighted by Crippen LogP contribution is 1.99. The molecule has 3 heteroatoms. The lowest BCUT2D eigenvalue weighted by Crippen LogP contribution is -2.26. The maximum absolute atomic E-state index is 11.3. The molecule has 0 saturated heterocycles. The molecule has 0 aromatic rings. The molecule has 0 aliphatic rings. The first-order valence-corrected chi connectivity index (χ1v) is 7.27. The van der Waals surface area contributed by atoms with Crippen molar-refractivity contribution in [1.29, 1.82) is 0 Å². The summed E-state index contributed by atoms with van der Waals surface area (Å²) in [5, 5.41) is 3.44. The molecule has 0 saturated carbocycles. The van der Waals surface area contributed by atoms with Gasteiger partial charge in [0.05, 0.1) is 0 Å². The molecular weight excluding hydrogens is 194 g/mol. The summed E-state index contributed by atoms with van der Waals surface area (Å²) in [6.45, 7) is 7.57. The van der Waals surface area contributed by atoms with Crippen LogP contribution in [0.4, 0.5) is 0 Å². The van der Waals surface area contributed by atoms with Crippen LogP contribution in [0, 0.1) is 0 Å². The summed E-state index contributed by atoms with van der Waals surface area (Å²) in [7, 11) is -0.570. The Kier molecular flexibility index (Phi) is 9.73. The van der Waals surface area contributed by atoms with E-state index in [1.807, 2.05) is 0 Å². The van der Waals surface area contributed by atoms with E-state index in [1.165, 1.54) is 6.42 Å². The molecule has 0 amide bonds. The van der Waals surface area contributed by atoms with Gasteiger partial charge in [-0.15, -0.1) is 0 Å². The van der Waals surface area contributed by atoms with Crippen molar-refractivity contribution < 1.29 is 4.21 Å². The molecule has 0 spiro atoms. The van der Waals surface area contributed by atoms with Crippen LogP contribution in [0.5, 0.6) is 0 Å². The summed E-state index contributed by atoms with van der Waals surface area (Å²) in [6, 6.07) is 0.577. The lowest BCUT2D eigenvalue weighted by molar-refractivity contribution is 0.509. The minimum atomic E-state index is -0.570. The topological polar surface area (TPSA) is 29.1 Å². The summed E-state index contributed by atoms with van der Waals surface area (Å²) in [5.74, 6) is 1.75. The van der Waals surface area contributed by atoms with Gasteiger partial charge in [0, 0.05) is 28.3 Å². The highest BCUT2D eigenvalue weighted by Gasteiger charge is 2.02. The van der Waals surface area contributed by atoms with Gasteiger partial charge in [-0.05, 0) is 39.2 Å². The van der Waals surface area contributed by atoms with Crippen LogP contribution in [0.1, 0.15) is 46.5 Å². The van der Waals surface area contributed by atoms with E-state index in [0.29, 0.717) is 6.04 Å². The van der Waals surface area contributed by atoms with E-state index in [2.05, 4.69) is 26.1 Å². The molecule has 0 aromatic carbocycles. The Bertz CT molecular complexity index is 150. The predicted molar refractivity (Wildman–Crippen MR) is 65.2 cm³/mol. The van der Waals surface area contributed by atoms with Crippen molar-refractivity contribution in [3.8, 4) is 0 Å². The van der Waals surface area contributed by atoms with Crippen LogP contribution in [-0.4, -0.2) is 28.3 Å². The zero-order chi connectivity index (χ0) is 10.8. The van der Waals surface area contributed by atoms with Gasteiger partial charge in [-0.1, -0.05) is 13.8 Å². The van der Waals surface area contributed by atoms with E-state index < -0.39 is 10.8 Å². The maximum Gasteiger partial charge on any atom is 0.0235 e. The first-order valence-electron chi connectivity index (χ1n) is 5.79. The van der Waals surface area contributed by atoms with Crippen molar-refractivity contribution in [2.45, 2.75) is 52.5 Å². The van der Waals surface area contributed by atoms with E-state index >= 15 is 0 Å². The van der Waals surface area contributed by atoms with Crippen molar-refractivity contribution in [2.75, 3.05) is 18.1 Å². The van der Waals surface area contributed by atoms with Crippen LogP contribution in [-0.2, 0) is 10.8 Å². The highest BCUT2D eigenvalue weighted by atomic mass is 32.2. The van der Waals surface area contributed by atoms with Crippen molar-refractivity contribution in [3.05, 3.63) is 0 Å². The maximum atomic E-state index is 11.3. The Morgan fingerprint density at radius 3 is 2.50 bits per heavy atom. The molecule has 2 unspecified atom stereocenters.